The zero-order chi connectivity index (χ0) is 18.3. The van der Waals surface area contributed by atoms with Gasteiger partial charge in [-0.2, -0.15) is 0 Å². The van der Waals surface area contributed by atoms with Crippen LogP contribution in [0, 0.1) is 11.8 Å². The minimum Gasteiger partial charge on any atom is -0.478 e. The Morgan fingerprint density at radius 2 is 1.96 bits per heavy atom. The van der Waals surface area contributed by atoms with Crippen molar-refractivity contribution in [2.45, 2.75) is 65.9 Å². The number of ether oxygens (including phenoxy) is 1. The van der Waals surface area contributed by atoms with Crippen molar-refractivity contribution < 1.29 is 19.4 Å². The molecule has 0 aromatic rings. The lowest BCUT2D eigenvalue weighted by Crippen LogP contribution is -2.31. The number of aliphatic carboxylic acids is 1. The Morgan fingerprint density at radius 1 is 1.29 bits per heavy atom. The van der Waals surface area contributed by atoms with Crippen LogP contribution in [-0.2, 0) is 14.3 Å². The van der Waals surface area contributed by atoms with Crippen LogP contribution in [0.5, 0.6) is 0 Å². The normalized spacial score (nSPS) is 22.4. The van der Waals surface area contributed by atoms with Gasteiger partial charge in [0.1, 0.15) is 6.10 Å². The molecule has 1 rings (SSSR count). The second kappa shape index (κ2) is 9.45. The standard InChI is InChI=1S/C20H30O4/c1-13(2)11-19(21)24-18-12-15(4)8-6-7-14(3)9-10-17(18)16(5)20(22)23/h8-9,13,17-18H,5-7,10-12H2,1-4H3,(H,22,23). The summed E-state index contributed by atoms with van der Waals surface area (Å²) in [6, 6.07) is 0. The first kappa shape index (κ1) is 20.2. The number of carbonyl (C=O) groups excluding carboxylic acids is 1. The SMILES string of the molecule is C=C(C(=O)O)C1CC=C(C)CCC=C(C)CC1OC(=O)CC(C)C. The molecule has 4 heteroatoms. The van der Waals surface area contributed by atoms with Gasteiger partial charge in [0.2, 0.25) is 0 Å². The predicted octanol–water partition coefficient (Wildman–Crippen LogP) is 4.67. The molecular weight excluding hydrogens is 304 g/mol. The summed E-state index contributed by atoms with van der Waals surface area (Å²) in [5.74, 6) is -1.51. The van der Waals surface area contributed by atoms with E-state index in [4.69, 9.17) is 4.74 Å². The molecule has 24 heavy (non-hydrogen) atoms. The third-order valence-corrected chi connectivity index (χ3v) is 4.30. The van der Waals surface area contributed by atoms with Crippen LogP contribution >= 0.6 is 0 Å². The average molecular weight is 334 g/mol. The lowest BCUT2D eigenvalue weighted by molar-refractivity contribution is -0.153. The fraction of sp³-hybridized carbons (Fsp3) is 0.600. The molecule has 134 valence electrons. The Labute approximate surface area is 145 Å². The largest absolute Gasteiger partial charge is 0.478 e. The van der Waals surface area contributed by atoms with Crippen LogP contribution in [0.25, 0.3) is 0 Å². The van der Waals surface area contributed by atoms with E-state index < -0.39 is 18.0 Å². The maximum atomic E-state index is 12.1. The Morgan fingerprint density at radius 3 is 2.54 bits per heavy atom. The van der Waals surface area contributed by atoms with E-state index in [9.17, 15) is 14.7 Å². The van der Waals surface area contributed by atoms with Crippen LogP contribution in [0.3, 0.4) is 0 Å². The van der Waals surface area contributed by atoms with Gasteiger partial charge in [-0.05, 0) is 39.0 Å². The van der Waals surface area contributed by atoms with E-state index in [-0.39, 0.29) is 17.5 Å². The predicted molar refractivity (Wildman–Crippen MR) is 95.6 cm³/mol. The van der Waals surface area contributed by atoms with Crippen molar-refractivity contribution in [2.75, 3.05) is 0 Å². The molecule has 1 N–H and O–H groups in total. The molecule has 0 amide bonds. The van der Waals surface area contributed by atoms with Gasteiger partial charge in [-0.15, -0.1) is 0 Å². The zero-order valence-corrected chi connectivity index (χ0v) is 15.3. The minimum atomic E-state index is -1.03. The molecule has 0 bridgehead atoms. The van der Waals surface area contributed by atoms with Gasteiger partial charge < -0.3 is 9.84 Å². The summed E-state index contributed by atoms with van der Waals surface area (Å²) in [5.41, 5.74) is 2.45. The van der Waals surface area contributed by atoms with E-state index in [0.717, 1.165) is 18.4 Å². The summed E-state index contributed by atoms with van der Waals surface area (Å²) in [6.45, 7) is 11.7. The molecular formula is C20H30O4. The van der Waals surface area contributed by atoms with Crippen molar-refractivity contribution in [1.29, 1.82) is 0 Å². The molecule has 0 aromatic carbocycles. The van der Waals surface area contributed by atoms with Crippen molar-refractivity contribution >= 4 is 11.9 Å². The van der Waals surface area contributed by atoms with Gasteiger partial charge >= 0.3 is 11.9 Å². The highest BCUT2D eigenvalue weighted by Crippen LogP contribution is 2.29. The first-order valence-corrected chi connectivity index (χ1v) is 8.63. The molecule has 4 nitrogen and oxygen atoms in total. The van der Waals surface area contributed by atoms with Crippen molar-refractivity contribution in [2.24, 2.45) is 11.8 Å². The highest BCUT2D eigenvalue weighted by atomic mass is 16.5. The highest BCUT2D eigenvalue weighted by molar-refractivity contribution is 5.86. The van der Waals surface area contributed by atoms with Crippen LogP contribution < -0.4 is 0 Å². The van der Waals surface area contributed by atoms with Crippen molar-refractivity contribution in [3.05, 3.63) is 35.5 Å². The monoisotopic (exact) mass is 334 g/mol. The fourth-order valence-electron chi connectivity index (χ4n) is 2.87. The van der Waals surface area contributed by atoms with Gasteiger partial charge in [-0.1, -0.05) is 43.7 Å². The van der Waals surface area contributed by atoms with E-state index >= 15 is 0 Å². The van der Waals surface area contributed by atoms with Gasteiger partial charge in [0.05, 0.1) is 0 Å². The quantitative estimate of drug-likeness (QED) is 0.451. The van der Waals surface area contributed by atoms with E-state index in [0.29, 0.717) is 19.3 Å². The molecule has 0 saturated heterocycles. The van der Waals surface area contributed by atoms with Gasteiger partial charge in [-0.25, -0.2) is 4.79 Å². The molecule has 0 saturated carbocycles. The van der Waals surface area contributed by atoms with Gasteiger partial charge in [-0.3, -0.25) is 4.79 Å². The number of esters is 1. The summed E-state index contributed by atoms with van der Waals surface area (Å²) in [4.78, 5) is 23.6. The Bertz CT molecular complexity index is 540. The number of hydrogen-bond donors (Lipinski definition) is 1. The summed E-state index contributed by atoms with van der Waals surface area (Å²) >= 11 is 0. The van der Waals surface area contributed by atoms with Gasteiger partial charge in [0.25, 0.3) is 0 Å². The molecule has 0 aromatic heterocycles. The summed E-state index contributed by atoms with van der Waals surface area (Å²) in [7, 11) is 0. The first-order valence-electron chi connectivity index (χ1n) is 8.63. The smallest absolute Gasteiger partial charge is 0.331 e. The topological polar surface area (TPSA) is 63.6 Å². The van der Waals surface area contributed by atoms with Crippen LogP contribution in [0.4, 0.5) is 0 Å². The summed E-state index contributed by atoms with van der Waals surface area (Å²) in [5, 5.41) is 9.38. The first-order chi connectivity index (χ1) is 11.2. The van der Waals surface area contributed by atoms with E-state index in [2.05, 4.69) is 18.7 Å². The second-order valence-corrected chi connectivity index (χ2v) is 7.14. The van der Waals surface area contributed by atoms with E-state index in [1.807, 2.05) is 27.7 Å². The second-order valence-electron chi connectivity index (χ2n) is 7.14. The lowest BCUT2D eigenvalue weighted by atomic mass is 9.85. The average Bonchev–Trinajstić information content (AvgIpc) is 2.45. The van der Waals surface area contributed by atoms with Crippen molar-refractivity contribution in [3.8, 4) is 0 Å². The highest BCUT2D eigenvalue weighted by Gasteiger charge is 2.30. The van der Waals surface area contributed by atoms with E-state index in [1.165, 1.54) is 5.57 Å². The van der Waals surface area contributed by atoms with Crippen LogP contribution in [0.1, 0.15) is 59.8 Å². The Hall–Kier alpha value is -1.84. The maximum Gasteiger partial charge on any atom is 0.331 e. The number of carboxylic acid groups (broad SMARTS) is 1. The fourth-order valence-corrected chi connectivity index (χ4v) is 2.87. The summed E-state index contributed by atoms with van der Waals surface area (Å²) in [6.07, 6.45) is 7.03. The van der Waals surface area contributed by atoms with Crippen LogP contribution in [-0.4, -0.2) is 23.1 Å². The molecule has 1 aliphatic rings. The van der Waals surface area contributed by atoms with Crippen molar-refractivity contribution in [3.63, 3.8) is 0 Å². The van der Waals surface area contributed by atoms with Crippen LogP contribution in [0.15, 0.2) is 35.5 Å². The molecule has 0 fully saturated rings. The zero-order valence-electron chi connectivity index (χ0n) is 15.3. The molecule has 2 unspecified atom stereocenters. The summed E-state index contributed by atoms with van der Waals surface area (Å²) < 4.78 is 5.69. The van der Waals surface area contributed by atoms with Gasteiger partial charge in [0.15, 0.2) is 0 Å². The Balaban J connectivity index is 3.09. The molecule has 0 spiro atoms. The third kappa shape index (κ3) is 6.73. The molecule has 0 heterocycles. The Kier molecular flexibility index (Phi) is 7.96. The lowest BCUT2D eigenvalue weighted by Gasteiger charge is -2.28. The van der Waals surface area contributed by atoms with E-state index in [1.54, 1.807) is 0 Å². The number of carbonyl (C=O) groups is 2. The molecule has 1 aliphatic carbocycles. The third-order valence-electron chi connectivity index (χ3n) is 4.30. The van der Waals surface area contributed by atoms with Crippen molar-refractivity contribution in [1.82, 2.24) is 0 Å². The number of rotatable bonds is 5. The maximum absolute atomic E-state index is 12.1. The number of allylic oxidation sites excluding steroid dienone is 3. The number of hydrogen-bond acceptors (Lipinski definition) is 3. The molecule has 0 radical (unpaired) electrons. The number of carboxylic acids is 1. The van der Waals surface area contributed by atoms with Crippen LogP contribution in [0.2, 0.25) is 0 Å². The van der Waals surface area contributed by atoms with Gasteiger partial charge in [0, 0.05) is 24.3 Å². The minimum absolute atomic E-state index is 0.106. The molecule has 0 aliphatic heterocycles. The molecule has 2 atom stereocenters.